The lowest BCUT2D eigenvalue weighted by molar-refractivity contribution is 0.153. The molecule has 0 aromatic rings. The maximum atomic E-state index is 2.55. The van der Waals surface area contributed by atoms with Crippen LogP contribution in [0.1, 0.15) is 32.6 Å². The summed E-state index contributed by atoms with van der Waals surface area (Å²) < 4.78 is 0. The molecule has 14 heavy (non-hydrogen) atoms. The molecule has 0 aliphatic heterocycles. The van der Waals surface area contributed by atoms with E-state index in [2.05, 4.69) is 37.9 Å². The Bertz CT molecular complexity index is 156. The summed E-state index contributed by atoms with van der Waals surface area (Å²) in [5, 5.41) is 0. The summed E-state index contributed by atoms with van der Waals surface area (Å²) in [6.45, 7) is 4.79. The normalized spacial score (nSPS) is 28.7. The number of rotatable bonds is 4. The first-order valence-electron chi connectivity index (χ1n) is 5.94. The number of nitrogens with zero attached hydrogens (tertiary/aromatic N) is 2. The van der Waals surface area contributed by atoms with Gasteiger partial charge in [-0.3, -0.25) is 0 Å². The van der Waals surface area contributed by atoms with Crippen molar-refractivity contribution in [2.45, 2.75) is 38.6 Å². The Morgan fingerprint density at radius 1 is 1.07 bits per heavy atom. The first-order chi connectivity index (χ1) is 6.59. The first-order valence-corrected chi connectivity index (χ1v) is 5.94. The Morgan fingerprint density at radius 3 is 2.36 bits per heavy atom. The van der Waals surface area contributed by atoms with Crippen LogP contribution in [0.15, 0.2) is 0 Å². The van der Waals surface area contributed by atoms with E-state index in [1.54, 1.807) is 0 Å². The molecule has 0 aromatic heterocycles. The molecule has 84 valence electrons. The predicted molar refractivity (Wildman–Crippen MR) is 62.6 cm³/mol. The topological polar surface area (TPSA) is 6.48 Å². The molecular weight excluding hydrogens is 172 g/mol. The molecule has 1 saturated carbocycles. The van der Waals surface area contributed by atoms with Crippen molar-refractivity contribution in [1.82, 2.24) is 9.80 Å². The van der Waals surface area contributed by atoms with Gasteiger partial charge in [0.05, 0.1) is 0 Å². The van der Waals surface area contributed by atoms with Crippen LogP contribution in [0.4, 0.5) is 0 Å². The van der Waals surface area contributed by atoms with E-state index in [-0.39, 0.29) is 0 Å². The zero-order chi connectivity index (χ0) is 10.6. The largest absolute Gasteiger partial charge is 0.308 e. The summed E-state index contributed by atoms with van der Waals surface area (Å²) >= 11 is 0. The molecule has 2 heteroatoms. The van der Waals surface area contributed by atoms with Gasteiger partial charge in [-0.2, -0.15) is 0 Å². The number of likely N-dealkylation sites (N-methyl/N-ethyl adjacent to an activating group) is 2. The van der Waals surface area contributed by atoms with Gasteiger partial charge in [-0.15, -0.1) is 0 Å². The third-order valence-electron chi connectivity index (χ3n) is 3.43. The molecule has 1 aliphatic carbocycles. The quantitative estimate of drug-likeness (QED) is 0.682. The van der Waals surface area contributed by atoms with E-state index in [0.717, 1.165) is 12.0 Å². The third-order valence-corrected chi connectivity index (χ3v) is 3.43. The van der Waals surface area contributed by atoms with Gasteiger partial charge in [-0.05, 0) is 39.9 Å². The molecule has 0 saturated heterocycles. The minimum atomic E-state index is 0.846. The summed E-state index contributed by atoms with van der Waals surface area (Å²) in [7, 11) is 6.58. The van der Waals surface area contributed by atoms with Gasteiger partial charge in [-0.25, -0.2) is 0 Å². The highest BCUT2D eigenvalue weighted by Gasteiger charge is 2.21. The average Bonchev–Trinajstić information content (AvgIpc) is 2.14. The van der Waals surface area contributed by atoms with Crippen LogP contribution in [0.25, 0.3) is 0 Å². The summed E-state index contributed by atoms with van der Waals surface area (Å²) in [4.78, 5) is 4.82. The van der Waals surface area contributed by atoms with Gasteiger partial charge in [0.25, 0.3) is 0 Å². The lowest BCUT2D eigenvalue weighted by Crippen LogP contribution is -2.39. The van der Waals surface area contributed by atoms with Crippen LogP contribution < -0.4 is 0 Å². The number of hydrogen-bond donors (Lipinski definition) is 0. The molecule has 0 N–H and O–H groups in total. The molecule has 0 amide bonds. The summed E-state index contributed by atoms with van der Waals surface area (Å²) in [6, 6.07) is 0.846. The molecule has 0 heterocycles. The van der Waals surface area contributed by atoms with Crippen molar-refractivity contribution in [2.24, 2.45) is 5.92 Å². The fourth-order valence-corrected chi connectivity index (χ4v) is 2.34. The van der Waals surface area contributed by atoms with Gasteiger partial charge in [-0.1, -0.05) is 19.8 Å². The van der Waals surface area contributed by atoms with Crippen molar-refractivity contribution in [3.8, 4) is 0 Å². The highest BCUT2D eigenvalue weighted by molar-refractivity contribution is 4.77. The van der Waals surface area contributed by atoms with Crippen LogP contribution in [-0.2, 0) is 0 Å². The Labute approximate surface area is 89.3 Å². The van der Waals surface area contributed by atoms with Gasteiger partial charge in [0.15, 0.2) is 0 Å². The minimum Gasteiger partial charge on any atom is -0.308 e. The van der Waals surface area contributed by atoms with Gasteiger partial charge in [0, 0.05) is 19.1 Å². The summed E-state index contributed by atoms with van der Waals surface area (Å²) in [6.07, 6.45) is 5.69. The molecule has 1 rings (SSSR count). The van der Waals surface area contributed by atoms with E-state index in [4.69, 9.17) is 0 Å². The number of hydrogen-bond acceptors (Lipinski definition) is 2. The average molecular weight is 198 g/mol. The van der Waals surface area contributed by atoms with E-state index in [1.807, 2.05) is 0 Å². The smallest absolute Gasteiger partial charge is 0.0109 e. The first kappa shape index (κ1) is 12.0. The molecular formula is C12H26N2. The van der Waals surface area contributed by atoms with Crippen molar-refractivity contribution in [2.75, 3.05) is 34.2 Å². The highest BCUT2D eigenvalue weighted by atomic mass is 15.2. The maximum absolute atomic E-state index is 2.55. The van der Waals surface area contributed by atoms with Crippen molar-refractivity contribution >= 4 is 0 Å². The molecule has 0 unspecified atom stereocenters. The van der Waals surface area contributed by atoms with E-state index in [1.165, 1.54) is 38.8 Å². The monoisotopic (exact) mass is 198 g/mol. The molecule has 0 aromatic carbocycles. The lowest BCUT2D eigenvalue weighted by atomic mass is 9.86. The van der Waals surface area contributed by atoms with Crippen LogP contribution >= 0.6 is 0 Å². The van der Waals surface area contributed by atoms with Crippen molar-refractivity contribution in [1.29, 1.82) is 0 Å². The summed E-state index contributed by atoms with van der Waals surface area (Å²) in [5.74, 6) is 0.940. The fraction of sp³-hybridized carbons (Fsp3) is 1.00. The Kier molecular flexibility index (Phi) is 4.90. The van der Waals surface area contributed by atoms with E-state index >= 15 is 0 Å². The molecule has 2 nitrogen and oxygen atoms in total. The van der Waals surface area contributed by atoms with Gasteiger partial charge in [0.2, 0.25) is 0 Å². The minimum absolute atomic E-state index is 0.846. The van der Waals surface area contributed by atoms with E-state index < -0.39 is 0 Å². The zero-order valence-corrected chi connectivity index (χ0v) is 10.3. The van der Waals surface area contributed by atoms with Crippen molar-refractivity contribution in [3.05, 3.63) is 0 Å². The van der Waals surface area contributed by atoms with E-state index in [0.29, 0.717) is 0 Å². The Balaban J connectivity index is 2.25. The van der Waals surface area contributed by atoms with E-state index in [9.17, 15) is 0 Å². The van der Waals surface area contributed by atoms with Crippen LogP contribution in [0.3, 0.4) is 0 Å². The second kappa shape index (κ2) is 5.72. The Hall–Kier alpha value is -0.0800. The van der Waals surface area contributed by atoms with Crippen LogP contribution in [0, 0.1) is 5.92 Å². The van der Waals surface area contributed by atoms with Crippen LogP contribution in [0.2, 0.25) is 0 Å². The molecule has 1 fully saturated rings. The third kappa shape index (κ3) is 3.97. The van der Waals surface area contributed by atoms with Crippen molar-refractivity contribution < 1.29 is 0 Å². The van der Waals surface area contributed by atoms with Gasteiger partial charge >= 0.3 is 0 Å². The van der Waals surface area contributed by atoms with Crippen molar-refractivity contribution in [3.63, 3.8) is 0 Å². The van der Waals surface area contributed by atoms with Crippen LogP contribution in [0.5, 0.6) is 0 Å². The SMILES string of the molecule is C[C@@H]1CCC[C@@H](N(C)CCN(C)C)C1. The van der Waals surface area contributed by atoms with Gasteiger partial charge in [0.1, 0.15) is 0 Å². The fourth-order valence-electron chi connectivity index (χ4n) is 2.34. The predicted octanol–water partition coefficient (Wildman–Crippen LogP) is 2.06. The summed E-state index contributed by atoms with van der Waals surface area (Å²) in [5.41, 5.74) is 0. The zero-order valence-electron chi connectivity index (χ0n) is 10.3. The second-order valence-corrected chi connectivity index (χ2v) is 5.21. The molecule has 0 bridgehead atoms. The molecule has 0 spiro atoms. The standard InChI is InChI=1S/C12H26N2/c1-11-6-5-7-12(10-11)14(4)9-8-13(2)3/h11-12H,5-10H2,1-4H3/t11-,12-/m1/s1. The second-order valence-electron chi connectivity index (χ2n) is 5.21. The maximum Gasteiger partial charge on any atom is 0.0109 e. The highest BCUT2D eigenvalue weighted by Crippen LogP contribution is 2.26. The van der Waals surface area contributed by atoms with Crippen LogP contribution in [-0.4, -0.2) is 50.1 Å². The van der Waals surface area contributed by atoms with Gasteiger partial charge < -0.3 is 9.80 Å². The Morgan fingerprint density at radius 2 is 1.79 bits per heavy atom. The molecule has 2 atom stereocenters. The lowest BCUT2D eigenvalue weighted by Gasteiger charge is -2.34. The molecule has 0 radical (unpaired) electrons. The molecule has 1 aliphatic rings.